The van der Waals surface area contributed by atoms with Crippen molar-refractivity contribution in [3.63, 3.8) is 0 Å². The molecule has 0 spiro atoms. The average Bonchev–Trinajstić information content (AvgIpc) is 2.84. The number of rotatable bonds is 5. The molecular formula is C19H21ClN2O. The molecule has 2 heterocycles. The Bertz CT molecular complexity index is 839. The summed E-state index contributed by atoms with van der Waals surface area (Å²) in [6.45, 7) is 6.84. The zero-order chi connectivity index (χ0) is 16.4. The zero-order valence-electron chi connectivity index (χ0n) is 13.7. The molecule has 0 saturated carbocycles. The minimum absolute atomic E-state index is 0.395. The number of ether oxygens (including phenoxy) is 1. The van der Waals surface area contributed by atoms with Crippen molar-refractivity contribution in [2.75, 3.05) is 0 Å². The lowest BCUT2D eigenvalue weighted by atomic mass is 10.0. The van der Waals surface area contributed by atoms with E-state index in [4.69, 9.17) is 16.3 Å². The number of hydrogen-bond donors (Lipinski definition) is 1. The molecule has 0 atom stereocenters. The van der Waals surface area contributed by atoms with Crippen molar-refractivity contribution in [1.29, 1.82) is 0 Å². The number of nitrogens with one attached hydrogen (secondary N) is 1. The molecular weight excluding hydrogens is 308 g/mol. The van der Waals surface area contributed by atoms with Gasteiger partial charge >= 0.3 is 0 Å². The number of halogens is 1. The summed E-state index contributed by atoms with van der Waals surface area (Å²) in [5.74, 6) is 0.682. The van der Waals surface area contributed by atoms with Gasteiger partial charge < -0.3 is 9.72 Å². The van der Waals surface area contributed by atoms with Gasteiger partial charge in [-0.25, -0.2) is 0 Å². The Balaban J connectivity index is 1.97. The molecule has 3 nitrogen and oxygen atoms in total. The number of nitrogens with zero attached hydrogens (tertiary/aromatic N) is 1. The third-order valence-electron chi connectivity index (χ3n) is 4.21. The van der Waals surface area contributed by atoms with Crippen molar-refractivity contribution in [2.24, 2.45) is 0 Å². The van der Waals surface area contributed by atoms with E-state index < -0.39 is 0 Å². The van der Waals surface area contributed by atoms with E-state index in [0.29, 0.717) is 17.4 Å². The van der Waals surface area contributed by atoms with Crippen LogP contribution in [0.4, 0.5) is 0 Å². The quantitative estimate of drug-likeness (QED) is 0.684. The minimum atomic E-state index is 0.395. The Labute approximate surface area is 141 Å². The van der Waals surface area contributed by atoms with E-state index in [1.807, 2.05) is 30.5 Å². The van der Waals surface area contributed by atoms with E-state index in [-0.39, 0.29) is 0 Å². The number of para-hydroxylation sites is 1. The monoisotopic (exact) mass is 328 g/mol. The summed E-state index contributed by atoms with van der Waals surface area (Å²) in [6, 6.07) is 7.50. The van der Waals surface area contributed by atoms with Crippen LogP contribution < -0.4 is 4.74 Å². The van der Waals surface area contributed by atoms with Gasteiger partial charge in [0.05, 0.1) is 10.5 Å². The fraction of sp³-hybridized carbons (Fsp3) is 0.316. The molecule has 0 aliphatic rings. The fourth-order valence-corrected chi connectivity index (χ4v) is 3.09. The van der Waals surface area contributed by atoms with Gasteiger partial charge in [-0.1, -0.05) is 37.1 Å². The standard InChI is InChI=1S/C19H21ClN2O/c1-4-7-14-10-21-16(19-18(14)12(2)13(3)22-19)11-23-17-9-6-5-8-15(17)20/h5-6,8-10,22H,4,7,11H2,1-3H3. The number of benzene rings is 1. The number of pyridine rings is 1. The van der Waals surface area contributed by atoms with Crippen LogP contribution in [-0.2, 0) is 13.0 Å². The highest BCUT2D eigenvalue weighted by Crippen LogP contribution is 2.29. The third kappa shape index (κ3) is 3.06. The smallest absolute Gasteiger partial charge is 0.138 e. The molecule has 3 aromatic rings. The van der Waals surface area contributed by atoms with Gasteiger partial charge in [0.1, 0.15) is 18.1 Å². The first kappa shape index (κ1) is 15.9. The predicted molar refractivity (Wildman–Crippen MR) is 95.3 cm³/mol. The van der Waals surface area contributed by atoms with Crippen molar-refractivity contribution >= 4 is 22.5 Å². The predicted octanol–water partition coefficient (Wildman–Crippen LogP) is 5.36. The third-order valence-corrected chi connectivity index (χ3v) is 4.52. The second kappa shape index (κ2) is 6.63. The number of hydrogen-bond acceptors (Lipinski definition) is 2. The highest BCUT2D eigenvalue weighted by atomic mass is 35.5. The lowest BCUT2D eigenvalue weighted by Gasteiger charge is -2.10. The van der Waals surface area contributed by atoms with Gasteiger partial charge in [-0.15, -0.1) is 0 Å². The van der Waals surface area contributed by atoms with E-state index in [9.17, 15) is 0 Å². The van der Waals surface area contributed by atoms with E-state index in [0.717, 1.165) is 24.1 Å². The minimum Gasteiger partial charge on any atom is -0.486 e. The Kier molecular flexibility index (Phi) is 4.58. The van der Waals surface area contributed by atoms with Gasteiger partial charge in [0, 0.05) is 17.3 Å². The summed E-state index contributed by atoms with van der Waals surface area (Å²) in [5, 5.41) is 1.90. The number of aryl methyl sites for hydroxylation is 3. The molecule has 4 heteroatoms. The molecule has 0 radical (unpaired) electrons. The largest absolute Gasteiger partial charge is 0.486 e. The number of aromatic nitrogens is 2. The molecule has 0 fully saturated rings. The molecule has 1 N–H and O–H groups in total. The maximum absolute atomic E-state index is 6.15. The van der Waals surface area contributed by atoms with Crippen molar-refractivity contribution in [1.82, 2.24) is 9.97 Å². The summed E-state index contributed by atoms with van der Waals surface area (Å²) < 4.78 is 5.87. The first-order valence-corrected chi connectivity index (χ1v) is 8.32. The van der Waals surface area contributed by atoms with Crippen molar-refractivity contribution in [3.8, 4) is 5.75 Å². The Morgan fingerprint density at radius 1 is 1.22 bits per heavy atom. The van der Waals surface area contributed by atoms with Crippen LogP contribution in [0, 0.1) is 13.8 Å². The molecule has 23 heavy (non-hydrogen) atoms. The van der Waals surface area contributed by atoms with Crippen LogP contribution in [0.25, 0.3) is 10.9 Å². The maximum Gasteiger partial charge on any atom is 0.138 e. The van der Waals surface area contributed by atoms with Gasteiger partial charge in [0.25, 0.3) is 0 Å². The second-order valence-corrected chi connectivity index (χ2v) is 6.23. The highest BCUT2D eigenvalue weighted by molar-refractivity contribution is 6.32. The number of H-pyrrole nitrogens is 1. The van der Waals surface area contributed by atoms with E-state index in [1.54, 1.807) is 0 Å². The lowest BCUT2D eigenvalue weighted by Crippen LogP contribution is -2.01. The summed E-state index contributed by atoms with van der Waals surface area (Å²) >= 11 is 6.15. The molecule has 0 amide bonds. The molecule has 0 unspecified atom stereocenters. The first-order valence-electron chi connectivity index (χ1n) is 7.94. The van der Waals surface area contributed by atoms with Crippen molar-refractivity contribution in [3.05, 3.63) is 58.0 Å². The SMILES string of the molecule is CCCc1cnc(COc2ccccc2Cl)c2[nH]c(C)c(C)c12. The van der Waals surface area contributed by atoms with E-state index in [1.165, 1.54) is 22.2 Å². The molecule has 0 aliphatic heterocycles. The molecule has 120 valence electrons. The Morgan fingerprint density at radius 2 is 2.00 bits per heavy atom. The average molecular weight is 329 g/mol. The summed E-state index contributed by atoms with van der Waals surface area (Å²) in [7, 11) is 0. The normalized spacial score (nSPS) is 11.1. The maximum atomic E-state index is 6.15. The van der Waals surface area contributed by atoms with E-state index >= 15 is 0 Å². The Hall–Kier alpha value is -2.00. The highest BCUT2D eigenvalue weighted by Gasteiger charge is 2.14. The second-order valence-electron chi connectivity index (χ2n) is 5.82. The first-order chi connectivity index (χ1) is 11.1. The summed E-state index contributed by atoms with van der Waals surface area (Å²) in [6.07, 6.45) is 4.13. The molecule has 0 aliphatic carbocycles. The number of fused-ring (bicyclic) bond motifs is 1. The number of aromatic amines is 1. The summed E-state index contributed by atoms with van der Waals surface area (Å²) in [5.41, 5.74) is 5.77. The van der Waals surface area contributed by atoms with Gasteiger partial charge in [-0.2, -0.15) is 0 Å². The van der Waals surface area contributed by atoms with Crippen LogP contribution in [0.2, 0.25) is 5.02 Å². The molecule has 0 bridgehead atoms. The molecule has 3 rings (SSSR count). The molecule has 2 aromatic heterocycles. The van der Waals surface area contributed by atoms with Crippen LogP contribution in [0.1, 0.15) is 35.9 Å². The lowest BCUT2D eigenvalue weighted by molar-refractivity contribution is 0.303. The molecule has 0 saturated heterocycles. The van der Waals surface area contributed by atoms with Crippen molar-refractivity contribution < 1.29 is 4.74 Å². The van der Waals surface area contributed by atoms with Crippen LogP contribution >= 0.6 is 11.6 Å². The van der Waals surface area contributed by atoms with E-state index in [2.05, 4.69) is 30.7 Å². The van der Waals surface area contributed by atoms with Gasteiger partial charge in [-0.3, -0.25) is 4.98 Å². The fourth-order valence-electron chi connectivity index (χ4n) is 2.90. The van der Waals surface area contributed by atoms with Crippen molar-refractivity contribution in [2.45, 2.75) is 40.2 Å². The zero-order valence-corrected chi connectivity index (χ0v) is 14.5. The Morgan fingerprint density at radius 3 is 2.74 bits per heavy atom. The van der Waals surface area contributed by atoms with Crippen LogP contribution in [0.3, 0.4) is 0 Å². The van der Waals surface area contributed by atoms with Gasteiger partial charge in [-0.05, 0) is 43.5 Å². The molecule has 1 aromatic carbocycles. The van der Waals surface area contributed by atoms with Crippen LogP contribution in [0.15, 0.2) is 30.5 Å². The topological polar surface area (TPSA) is 37.9 Å². The van der Waals surface area contributed by atoms with Gasteiger partial charge in [0.15, 0.2) is 0 Å². The van der Waals surface area contributed by atoms with Gasteiger partial charge in [0.2, 0.25) is 0 Å². The van der Waals surface area contributed by atoms with Crippen LogP contribution in [-0.4, -0.2) is 9.97 Å². The summed E-state index contributed by atoms with van der Waals surface area (Å²) in [4.78, 5) is 8.09. The van der Waals surface area contributed by atoms with Crippen LogP contribution in [0.5, 0.6) is 5.75 Å².